The minimum Gasteiger partial charge on any atom is -0.206 e. The Labute approximate surface area is 73.6 Å². The Bertz CT molecular complexity index is 229. The average molecular weight is 250 g/mol. The minimum atomic E-state index is -0.0828. The summed E-state index contributed by atoms with van der Waals surface area (Å²) < 4.78 is 13.7. The topological polar surface area (TPSA) is 0 Å². The molecule has 54 valence electrons. The van der Waals surface area contributed by atoms with Gasteiger partial charge in [0.1, 0.15) is 5.82 Å². The first-order valence-corrected chi connectivity index (χ1v) is 4.12. The van der Waals surface area contributed by atoms with E-state index in [4.69, 9.17) is 0 Å². The highest BCUT2D eigenvalue weighted by Crippen LogP contribution is 2.17. The molecule has 10 heavy (non-hydrogen) atoms. The molecule has 1 aromatic carbocycles. The van der Waals surface area contributed by atoms with Crippen LogP contribution in [0.3, 0.4) is 0 Å². The summed E-state index contributed by atoms with van der Waals surface area (Å²) in [5.41, 5.74) is 1.72. The van der Waals surface area contributed by atoms with E-state index < -0.39 is 0 Å². The minimum absolute atomic E-state index is 0.0828. The smallest absolute Gasteiger partial charge is 0.139 e. The van der Waals surface area contributed by atoms with Crippen LogP contribution in [0.2, 0.25) is 0 Å². The Morgan fingerprint density at radius 1 is 1.20 bits per heavy atom. The van der Waals surface area contributed by atoms with Gasteiger partial charge in [0, 0.05) is 0 Å². The van der Waals surface area contributed by atoms with Gasteiger partial charge in [-0.3, -0.25) is 0 Å². The van der Waals surface area contributed by atoms with Crippen LogP contribution in [0.15, 0.2) is 12.1 Å². The van der Waals surface area contributed by atoms with Gasteiger partial charge in [0.25, 0.3) is 0 Å². The van der Waals surface area contributed by atoms with Crippen molar-refractivity contribution in [2.45, 2.75) is 13.8 Å². The Morgan fingerprint density at radius 2 is 1.70 bits per heavy atom. The lowest BCUT2D eigenvalue weighted by Gasteiger charge is -2.01. The van der Waals surface area contributed by atoms with E-state index in [-0.39, 0.29) is 5.82 Å². The van der Waals surface area contributed by atoms with Crippen LogP contribution in [0.25, 0.3) is 0 Å². The normalized spacial score (nSPS) is 10.0. The molecule has 1 aromatic rings. The van der Waals surface area contributed by atoms with Gasteiger partial charge in [-0.25, -0.2) is 4.39 Å². The molecule has 0 aliphatic rings. The molecule has 0 atom stereocenters. The second-order valence-corrected chi connectivity index (χ2v) is 3.41. The molecule has 0 aliphatic heterocycles. The summed E-state index contributed by atoms with van der Waals surface area (Å²) in [5, 5.41) is 0. The lowest BCUT2D eigenvalue weighted by molar-refractivity contribution is 0.609. The van der Waals surface area contributed by atoms with E-state index >= 15 is 0 Å². The summed E-state index contributed by atoms with van der Waals surface area (Å²) in [6.07, 6.45) is 0. The van der Waals surface area contributed by atoms with E-state index in [2.05, 4.69) is 0 Å². The fourth-order valence-corrected chi connectivity index (χ4v) is 1.35. The standard InChI is InChI=1S/C8H8FI/c1-5-3-4-6(2)8(10)7(5)9/h3-4H,1-2H3. The lowest BCUT2D eigenvalue weighted by atomic mass is 10.2. The molecule has 0 fully saturated rings. The van der Waals surface area contributed by atoms with Crippen LogP contribution in [0.1, 0.15) is 11.1 Å². The monoisotopic (exact) mass is 250 g/mol. The van der Waals surface area contributed by atoms with Gasteiger partial charge in [-0.1, -0.05) is 12.1 Å². The van der Waals surface area contributed by atoms with Crippen molar-refractivity contribution < 1.29 is 4.39 Å². The molecule has 0 N–H and O–H groups in total. The van der Waals surface area contributed by atoms with Crippen molar-refractivity contribution in [3.63, 3.8) is 0 Å². The van der Waals surface area contributed by atoms with Gasteiger partial charge in [0.2, 0.25) is 0 Å². The van der Waals surface area contributed by atoms with Crippen molar-refractivity contribution in [2.75, 3.05) is 0 Å². The van der Waals surface area contributed by atoms with E-state index in [1.165, 1.54) is 0 Å². The first-order valence-electron chi connectivity index (χ1n) is 3.04. The lowest BCUT2D eigenvalue weighted by Crippen LogP contribution is -1.89. The number of aryl methyl sites for hydroxylation is 2. The van der Waals surface area contributed by atoms with Crippen molar-refractivity contribution in [3.05, 3.63) is 32.6 Å². The second kappa shape index (κ2) is 2.86. The van der Waals surface area contributed by atoms with Crippen LogP contribution in [-0.2, 0) is 0 Å². The zero-order valence-electron chi connectivity index (χ0n) is 5.91. The number of halogens is 2. The quantitative estimate of drug-likeness (QED) is 0.621. The highest BCUT2D eigenvalue weighted by Gasteiger charge is 2.03. The molecule has 0 spiro atoms. The van der Waals surface area contributed by atoms with Crippen LogP contribution >= 0.6 is 22.6 Å². The number of hydrogen-bond acceptors (Lipinski definition) is 0. The molecule has 2 heteroatoms. The Morgan fingerprint density at radius 3 is 2.20 bits per heavy atom. The maximum Gasteiger partial charge on any atom is 0.139 e. The summed E-state index contributed by atoms with van der Waals surface area (Å²) in [4.78, 5) is 0. The first kappa shape index (κ1) is 7.98. The number of hydrogen-bond donors (Lipinski definition) is 0. The molecule has 0 aliphatic carbocycles. The van der Waals surface area contributed by atoms with E-state index in [0.29, 0.717) is 0 Å². The van der Waals surface area contributed by atoms with E-state index in [1.807, 2.05) is 35.6 Å². The summed E-state index contributed by atoms with van der Waals surface area (Å²) in [6.45, 7) is 3.68. The van der Waals surface area contributed by atoms with Crippen LogP contribution in [0.4, 0.5) is 4.39 Å². The van der Waals surface area contributed by atoms with Crippen LogP contribution in [-0.4, -0.2) is 0 Å². The van der Waals surface area contributed by atoms with Gasteiger partial charge in [-0.15, -0.1) is 0 Å². The van der Waals surface area contributed by atoms with E-state index in [0.717, 1.165) is 14.7 Å². The predicted molar refractivity (Wildman–Crippen MR) is 48.6 cm³/mol. The van der Waals surface area contributed by atoms with Crippen LogP contribution < -0.4 is 0 Å². The van der Waals surface area contributed by atoms with Crippen molar-refractivity contribution in [2.24, 2.45) is 0 Å². The third-order valence-corrected chi connectivity index (χ3v) is 2.79. The zero-order valence-corrected chi connectivity index (χ0v) is 8.07. The average Bonchev–Trinajstić information content (AvgIpc) is 1.93. The number of benzene rings is 1. The molecule has 0 saturated carbocycles. The molecule has 0 saturated heterocycles. The molecule has 0 aromatic heterocycles. The third kappa shape index (κ3) is 1.31. The molecule has 0 radical (unpaired) electrons. The maximum atomic E-state index is 13.0. The number of rotatable bonds is 0. The molecule has 0 nitrogen and oxygen atoms in total. The molecule has 1 rings (SSSR count). The van der Waals surface area contributed by atoms with Crippen LogP contribution in [0, 0.1) is 23.2 Å². The fourth-order valence-electron chi connectivity index (χ4n) is 0.743. The zero-order chi connectivity index (χ0) is 7.72. The van der Waals surface area contributed by atoms with Crippen molar-refractivity contribution in [3.8, 4) is 0 Å². The van der Waals surface area contributed by atoms with E-state index in [1.54, 1.807) is 13.0 Å². The van der Waals surface area contributed by atoms with E-state index in [9.17, 15) is 4.39 Å². The highest BCUT2D eigenvalue weighted by atomic mass is 127. The Balaban J connectivity index is 3.34. The Hall–Kier alpha value is -0.120. The van der Waals surface area contributed by atoms with Crippen molar-refractivity contribution in [1.82, 2.24) is 0 Å². The van der Waals surface area contributed by atoms with Crippen molar-refractivity contribution in [1.29, 1.82) is 0 Å². The largest absolute Gasteiger partial charge is 0.206 e. The molecule has 0 bridgehead atoms. The molecule has 0 heterocycles. The van der Waals surface area contributed by atoms with Gasteiger partial charge < -0.3 is 0 Å². The molecular formula is C8H8FI. The van der Waals surface area contributed by atoms with Gasteiger partial charge in [0.15, 0.2) is 0 Å². The van der Waals surface area contributed by atoms with Gasteiger partial charge >= 0.3 is 0 Å². The van der Waals surface area contributed by atoms with Crippen LogP contribution in [0.5, 0.6) is 0 Å². The summed E-state index contributed by atoms with van der Waals surface area (Å²) >= 11 is 2.02. The summed E-state index contributed by atoms with van der Waals surface area (Å²) in [6, 6.07) is 3.73. The second-order valence-electron chi connectivity index (χ2n) is 2.33. The first-order chi connectivity index (χ1) is 4.63. The fraction of sp³-hybridized carbons (Fsp3) is 0.250. The van der Waals surface area contributed by atoms with Gasteiger partial charge in [-0.05, 0) is 47.6 Å². The van der Waals surface area contributed by atoms with Gasteiger partial charge in [0.05, 0.1) is 3.57 Å². The highest BCUT2D eigenvalue weighted by molar-refractivity contribution is 14.1. The third-order valence-electron chi connectivity index (χ3n) is 1.47. The molecule has 0 amide bonds. The molecular weight excluding hydrogens is 242 g/mol. The SMILES string of the molecule is Cc1ccc(C)c(I)c1F. The molecule has 0 unspecified atom stereocenters. The summed E-state index contributed by atoms with van der Waals surface area (Å²) in [7, 11) is 0. The summed E-state index contributed by atoms with van der Waals surface area (Å²) in [5.74, 6) is -0.0828. The Kier molecular flexibility index (Phi) is 2.28. The predicted octanol–water partition coefficient (Wildman–Crippen LogP) is 3.05. The van der Waals surface area contributed by atoms with Gasteiger partial charge in [-0.2, -0.15) is 0 Å². The maximum absolute atomic E-state index is 13.0. The van der Waals surface area contributed by atoms with Crippen molar-refractivity contribution >= 4 is 22.6 Å².